The van der Waals surface area contributed by atoms with Gasteiger partial charge in [0.1, 0.15) is 5.69 Å². The standard InChI is InChI=1S/C12H16N4/c1-16-12(9(13)7-14-16)11-6-8-4-2-3-5-10(8)15-11/h6-7,15H,2-5,13H2,1H3. The summed E-state index contributed by atoms with van der Waals surface area (Å²) in [7, 11) is 1.92. The van der Waals surface area contributed by atoms with Crippen LogP contribution in [0.1, 0.15) is 24.1 Å². The van der Waals surface area contributed by atoms with Gasteiger partial charge in [-0.3, -0.25) is 4.68 Å². The first kappa shape index (κ1) is 9.51. The molecule has 2 aromatic heterocycles. The van der Waals surface area contributed by atoms with Gasteiger partial charge in [0.25, 0.3) is 0 Å². The molecule has 3 rings (SSSR count). The van der Waals surface area contributed by atoms with Crippen molar-refractivity contribution < 1.29 is 0 Å². The molecular formula is C12H16N4. The molecule has 0 bridgehead atoms. The van der Waals surface area contributed by atoms with Gasteiger partial charge in [0.2, 0.25) is 0 Å². The van der Waals surface area contributed by atoms with Crippen LogP contribution in [0.3, 0.4) is 0 Å². The number of rotatable bonds is 1. The average Bonchev–Trinajstić information content (AvgIpc) is 2.82. The summed E-state index contributed by atoms with van der Waals surface area (Å²) in [6.07, 6.45) is 6.63. The fraction of sp³-hybridized carbons (Fsp3) is 0.417. The fourth-order valence-electron chi connectivity index (χ4n) is 2.52. The second kappa shape index (κ2) is 3.40. The van der Waals surface area contributed by atoms with Crippen LogP contribution in [0, 0.1) is 0 Å². The van der Waals surface area contributed by atoms with E-state index < -0.39 is 0 Å². The van der Waals surface area contributed by atoms with Gasteiger partial charge in [-0.05, 0) is 37.3 Å². The van der Waals surface area contributed by atoms with Crippen LogP contribution in [0.5, 0.6) is 0 Å². The summed E-state index contributed by atoms with van der Waals surface area (Å²) >= 11 is 0. The molecule has 2 aromatic rings. The summed E-state index contributed by atoms with van der Waals surface area (Å²) in [6, 6.07) is 2.22. The molecule has 0 amide bonds. The molecule has 2 heterocycles. The topological polar surface area (TPSA) is 59.6 Å². The van der Waals surface area contributed by atoms with Crippen LogP contribution < -0.4 is 5.73 Å². The van der Waals surface area contributed by atoms with Crippen LogP contribution in [0.25, 0.3) is 11.4 Å². The van der Waals surface area contributed by atoms with Gasteiger partial charge in [0.05, 0.1) is 17.6 Å². The van der Waals surface area contributed by atoms with Gasteiger partial charge in [-0.2, -0.15) is 5.10 Å². The summed E-state index contributed by atoms with van der Waals surface area (Å²) < 4.78 is 1.83. The lowest BCUT2D eigenvalue weighted by Crippen LogP contribution is -1.99. The predicted molar refractivity (Wildman–Crippen MR) is 64.0 cm³/mol. The van der Waals surface area contributed by atoms with Gasteiger partial charge >= 0.3 is 0 Å². The van der Waals surface area contributed by atoms with E-state index in [-0.39, 0.29) is 0 Å². The largest absolute Gasteiger partial charge is 0.396 e. The summed E-state index contributed by atoms with van der Waals surface area (Å²) in [5.74, 6) is 0. The van der Waals surface area contributed by atoms with E-state index in [1.807, 2.05) is 11.7 Å². The number of aromatic nitrogens is 3. The van der Waals surface area contributed by atoms with E-state index in [1.165, 1.54) is 30.5 Å². The number of anilines is 1. The lowest BCUT2D eigenvalue weighted by atomic mass is 9.98. The number of hydrogen-bond acceptors (Lipinski definition) is 2. The number of nitrogens with two attached hydrogens (primary N) is 1. The van der Waals surface area contributed by atoms with Crippen molar-refractivity contribution in [3.8, 4) is 11.4 Å². The van der Waals surface area contributed by atoms with Gasteiger partial charge < -0.3 is 10.7 Å². The highest BCUT2D eigenvalue weighted by molar-refractivity contribution is 5.70. The SMILES string of the molecule is Cn1ncc(N)c1-c1cc2c([nH]1)CCCC2. The molecule has 0 unspecified atom stereocenters. The van der Waals surface area contributed by atoms with E-state index in [1.54, 1.807) is 6.20 Å². The highest BCUT2D eigenvalue weighted by Crippen LogP contribution is 2.29. The van der Waals surface area contributed by atoms with E-state index in [0.717, 1.165) is 23.5 Å². The Bertz CT molecular complexity index is 478. The van der Waals surface area contributed by atoms with E-state index in [4.69, 9.17) is 5.73 Å². The molecule has 1 aliphatic carbocycles. The summed E-state index contributed by atoms with van der Waals surface area (Å²) in [4.78, 5) is 3.48. The Balaban J connectivity index is 2.10. The average molecular weight is 216 g/mol. The van der Waals surface area contributed by atoms with Crippen molar-refractivity contribution in [3.05, 3.63) is 23.5 Å². The maximum Gasteiger partial charge on any atom is 0.107 e. The Morgan fingerprint density at radius 2 is 2.19 bits per heavy atom. The number of aromatic amines is 1. The molecule has 0 saturated heterocycles. The van der Waals surface area contributed by atoms with Crippen LogP contribution in [0.2, 0.25) is 0 Å². The molecule has 84 valence electrons. The molecule has 0 spiro atoms. The minimum absolute atomic E-state index is 0.737. The van der Waals surface area contributed by atoms with E-state index in [2.05, 4.69) is 16.1 Å². The second-order valence-electron chi connectivity index (χ2n) is 4.47. The fourth-order valence-corrected chi connectivity index (χ4v) is 2.52. The van der Waals surface area contributed by atoms with Gasteiger partial charge in [-0.15, -0.1) is 0 Å². The molecule has 0 fully saturated rings. The molecule has 0 radical (unpaired) electrons. The third kappa shape index (κ3) is 1.33. The Morgan fingerprint density at radius 3 is 2.88 bits per heavy atom. The molecule has 0 aromatic carbocycles. The van der Waals surface area contributed by atoms with Crippen molar-refractivity contribution in [2.24, 2.45) is 7.05 Å². The number of fused-ring (bicyclic) bond motifs is 1. The van der Waals surface area contributed by atoms with E-state index in [0.29, 0.717) is 0 Å². The molecule has 0 atom stereocenters. The first-order valence-corrected chi connectivity index (χ1v) is 5.74. The monoisotopic (exact) mass is 216 g/mol. The van der Waals surface area contributed by atoms with Gasteiger partial charge in [0.15, 0.2) is 0 Å². The molecule has 4 nitrogen and oxygen atoms in total. The zero-order chi connectivity index (χ0) is 11.1. The molecular weight excluding hydrogens is 200 g/mol. The molecule has 3 N–H and O–H groups in total. The van der Waals surface area contributed by atoms with Crippen molar-refractivity contribution in [3.63, 3.8) is 0 Å². The Morgan fingerprint density at radius 1 is 1.38 bits per heavy atom. The van der Waals surface area contributed by atoms with Crippen LogP contribution in [0.4, 0.5) is 5.69 Å². The quantitative estimate of drug-likeness (QED) is 0.764. The van der Waals surface area contributed by atoms with Gasteiger partial charge in [-0.25, -0.2) is 0 Å². The lowest BCUT2D eigenvalue weighted by molar-refractivity contribution is 0.677. The number of nitrogen functional groups attached to an aromatic ring is 1. The molecule has 1 aliphatic rings. The first-order chi connectivity index (χ1) is 7.75. The van der Waals surface area contributed by atoms with Crippen LogP contribution in [-0.4, -0.2) is 14.8 Å². The van der Waals surface area contributed by atoms with Crippen molar-refractivity contribution in [1.29, 1.82) is 0 Å². The normalized spacial score (nSPS) is 15.1. The number of aryl methyl sites for hydroxylation is 3. The van der Waals surface area contributed by atoms with Crippen LogP contribution in [-0.2, 0) is 19.9 Å². The van der Waals surface area contributed by atoms with Crippen molar-refractivity contribution in [2.75, 3.05) is 5.73 Å². The number of nitrogens with one attached hydrogen (secondary N) is 1. The van der Waals surface area contributed by atoms with Crippen molar-refractivity contribution in [1.82, 2.24) is 14.8 Å². The van der Waals surface area contributed by atoms with Crippen molar-refractivity contribution >= 4 is 5.69 Å². The van der Waals surface area contributed by atoms with Crippen LogP contribution in [0.15, 0.2) is 12.3 Å². The van der Waals surface area contributed by atoms with Gasteiger partial charge in [0, 0.05) is 12.7 Å². The molecule has 0 saturated carbocycles. The van der Waals surface area contributed by atoms with Crippen molar-refractivity contribution in [2.45, 2.75) is 25.7 Å². The highest BCUT2D eigenvalue weighted by atomic mass is 15.3. The maximum absolute atomic E-state index is 5.93. The summed E-state index contributed by atoms with van der Waals surface area (Å²) in [5, 5.41) is 4.17. The maximum atomic E-state index is 5.93. The Hall–Kier alpha value is -1.71. The smallest absolute Gasteiger partial charge is 0.107 e. The van der Waals surface area contributed by atoms with Crippen LogP contribution >= 0.6 is 0 Å². The Labute approximate surface area is 94.5 Å². The van der Waals surface area contributed by atoms with E-state index in [9.17, 15) is 0 Å². The van der Waals surface area contributed by atoms with Gasteiger partial charge in [-0.1, -0.05) is 0 Å². The number of H-pyrrole nitrogens is 1. The summed E-state index contributed by atoms with van der Waals surface area (Å²) in [5.41, 5.74) is 11.6. The number of nitrogens with zero attached hydrogens (tertiary/aromatic N) is 2. The third-order valence-electron chi connectivity index (χ3n) is 3.34. The molecule has 4 heteroatoms. The minimum atomic E-state index is 0.737. The molecule has 0 aliphatic heterocycles. The number of hydrogen-bond donors (Lipinski definition) is 2. The first-order valence-electron chi connectivity index (χ1n) is 5.74. The third-order valence-corrected chi connectivity index (χ3v) is 3.34. The molecule has 16 heavy (non-hydrogen) atoms. The second-order valence-corrected chi connectivity index (χ2v) is 4.47. The highest BCUT2D eigenvalue weighted by Gasteiger charge is 2.16. The minimum Gasteiger partial charge on any atom is -0.396 e. The van der Waals surface area contributed by atoms with E-state index >= 15 is 0 Å². The predicted octanol–water partition coefficient (Wildman–Crippen LogP) is 1.88. The zero-order valence-corrected chi connectivity index (χ0v) is 9.45. The lowest BCUT2D eigenvalue weighted by Gasteiger charge is -2.09. The summed E-state index contributed by atoms with van der Waals surface area (Å²) in [6.45, 7) is 0. The zero-order valence-electron chi connectivity index (χ0n) is 9.45. The Kier molecular flexibility index (Phi) is 2.02.